The zero-order valence-electron chi connectivity index (χ0n) is 15.1. The lowest BCUT2D eigenvalue weighted by Gasteiger charge is -2.32. The van der Waals surface area contributed by atoms with Crippen LogP contribution in [-0.2, 0) is 16.1 Å². The van der Waals surface area contributed by atoms with Crippen molar-refractivity contribution < 1.29 is 19.4 Å². The predicted octanol–water partition coefficient (Wildman–Crippen LogP) is 3.51. The molecule has 0 aliphatic rings. The van der Waals surface area contributed by atoms with E-state index in [0.29, 0.717) is 12.1 Å². The molecule has 0 bridgehead atoms. The van der Waals surface area contributed by atoms with Gasteiger partial charge in [-0.05, 0) is 50.8 Å². The lowest BCUT2D eigenvalue weighted by atomic mass is 10.0. The maximum absolute atomic E-state index is 12.6. The Balaban J connectivity index is 3.10. The first-order chi connectivity index (χ1) is 11.0. The highest BCUT2D eigenvalue weighted by Gasteiger charge is 2.33. The first kappa shape index (κ1) is 19.8. The summed E-state index contributed by atoms with van der Waals surface area (Å²) in [5.41, 5.74) is 6.39. The normalized spacial score (nSPS) is 12.8. The molecule has 1 unspecified atom stereocenters. The van der Waals surface area contributed by atoms with Crippen LogP contribution in [0.2, 0.25) is 0 Å². The molecule has 0 aromatic heterocycles. The van der Waals surface area contributed by atoms with Crippen LogP contribution in [0.1, 0.15) is 46.6 Å². The fraction of sp³-hybridized carbons (Fsp3) is 0.556. The number of carboxylic acid groups (broad SMARTS) is 1. The van der Waals surface area contributed by atoms with Gasteiger partial charge in [0, 0.05) is 12.2 Å². The van der Waals surface area contributed by atoms with Crippen LogP contribution in [0, 0.1) is 5.92 Å². The third kappa shape index (κ3) is 6.48. The molecule has 1 aromatic rings. The standard InChI is InChI=1S/C18H28N2O4/c1-12(2)10-15(16(21)22)20(17(23)24-18(3,4)5)11-13-6-8-14(19)9-7-13/h6-9,12,15H,10-11,19H2,1-5H3,(H,21,22). The number of hydrogen-bond donors (Lipinski definition) is 2. The highest BCUT2D eigenvalue weighted by Crippen LogP contribution is 2.20. The number of nitrogens with two attached hydrogens (primary N) is 1. The maximum Gasteiger partial charge on any atom is 0.411 e. The van der Waals surface area contributed by atoms with E-state index in [1.807, 2.05) is 13.8 Å². The third-order valence-corrected chi connectivity index (χ3v) is 3.32. The fourth-order valence-corrected chi connectivity index (χ4v) is 2.25. The van der Waals surface area contributed by atoms with Crippen LogP contribution in [0.4, 0.5) is 10.5 Å². The molecule has 3 N–H and O–H groups in total. The van der Waals surface area contributed by atoms with Gasteiger partial charge in [0.25, 0.3) is 0 Å². The van der Waals surface area contributed by atoms with Gasteiger partial charge in [-0.1, -0.05) is 26.0 Å². The molecule has 0 fully saturated rings. The molecule has 1 rings (SSSR count). The molecule has 1 aromatic carbocycles. The van der Waals surface area contributed by atoms with Gasteiger partial charge < -0.3 is 15.6 Å². The molecule has 1 atom stereocenters. The smallest absolute Gasteiger partial charge is 0.411 e. The number of ether oxygens (including phenoxy) is 1. The Morgan fingerprint density at radius 2 is 1.75 bits per heavy atom. The van der Waals surface area contributed by atoms with Gasteiger partial charge in [0.05, 0.1) is 0 Å². The molecular weight excluding hydrogens is 308 g/mol. The monoisotopic (exact) mass is 336 g/mol. The van der Waals surface area contributed by atoms with Crippen LogP contribution in [0.25, 0.3) is 0 Å². The van der Waals surface area contributed by atoms with Gasteiger partial charge in [0.15, 0.2) is 0 Å². The SMILES string of the molecule is CC(C)CC(C(=O)O)N(Cc1ccc(N)cc1)C(=O)OC(C)(C)C. The van der Waals surface area contributed by atoms with Crippen LogP contribution < -0.4 is 5.73 Å². The van der Waals surface area contributed by atoms with Crippen molar-refractivity contribution in [2.45, 2.75) is 59.2 Å². The number of benzene rings is 1. The van der Waals surface area contributed by atoms with Gasteiger partial charge in [0.2, 0.25) is 0 Å². The summed E-state index contributed by atoms with van der Waals surface area (Å²) in [6, 6.07) is 6.06. The summed E-state index contributed by atoms with van der Waals surface area (Å²) in [5.74, 6) is -0.910. The van der Waals surface area contributed by atoms with Crippen LogP contribution >= 0.6 is 0 Å². The molecule has 0 aliphatic carbocycles. The summed E-state index contributed by atoms with van der Waals surface area (Å²) in [6.07, 6.45) is -0.281. The molecule has 6 nitrogen and oxygen atoms in total. The van der Waals surface area contributed by atoms with Gasteiger partial charge in [-0.3, -0.25) is 4.90 Å². The molecule has 24 heavy (non-hydrogen) atoms. The lowest BCUT2D eigenvalue weighted by Crippen LogP contribution is -2.47. The van der Waals surface area contributed by atoms with Crippen molar-refractivity contribution >= 4 is 17.7 Å². The van der Waals surface area contributed by atoms with Crippen molar-refractivity contribution in [3.63, 3.8) is 0 Å². The Morgan fingerprint density at radius 3 is 2.17 bits per heavy atom. The molecule has 0 saturated heterocycles. The maximum atomic E-state index is 12.6. The number of anilines is 1. The second-order valence-electron chi connectivity index (χ2n) is 7.33. The number of nitrogen functional groups attached to an aromatic ring is 1. The molecule has 0 saturated carbocycles. The van der Waals surface area contributed by atoms with Crippen molar-refractivity contribution in [1.29, 1.82) is 0 Å². The van der Waals surface area contributed by atoms with Crippen LogP contribution in [0.15, 0.2) is 24.3 Å². The van der Waals surface area contributed by atoms with Crippen molar-refractivity contribution in [2.24, 2.45) is 5.92 Å². The van der Waals surface area contributed by atoms with E-state index in [1.165, 1.54) is 4.90 Å². The number of rotatable bonds is 6. The van der Waals surface area contributed by atoms with Gasteiger partial charge in [-0.25, -0.2) is 9.59 Å². The van der Waals surface area contributed by atoms with E-state index in [4.69, 9.17) is 10.5 Å². The fourth-order valence-electron chi connectivity index (χ4n) is 2.25. The number of aliphatic carboxylic acids is 1. The zero-order chi connectivity index (χ0) is 18.5. The molecule has 0 heterocycles. The molecule has 0 aliphatic heterocycles. The van der Waals surface area contributed by atoms with Crippen molar-refractivity contribution in [1.82, 2.24) is 4.90 Å². The number of amides is 1. The van der Waals surface area contributed by atoms with Gasteiger partial charge in [-0.2, -0.15) is 0 Å². The Kier molecular flexibility index (Phi) is 6.63. The zero-order valence-corrected chi connectivity index (χ0v) is 15.1. The minimum atomic E-state index is -1.04. The van der Waals surface area contributed by atoms with Gasteiger partial charge in [-0.15, -0.1) is 0 Å². The number of hydrogen-bond acceptors (Lipinski definition) is 4. The Bertz CT molecular complexity index is 561. The van der Waals surface area contributed by atoms with Gasteiger partial charge in [0.1, 0.15) is 11.6 Å². The van der Waals surface area contributed by atoms with E-state index in [9.17, 15) is 14.7 Å². The van der Waals surface area contributed by atoms with Crippen molar-refractivity contribution in [2.75, 3.05) is 5.73 Å². The number of carbonyl (C=O) groups is 2. The largest absolute Gasteiger partial charge is 0.480 e. The molecule has 134 valence electrons. The van der Waals surface area contributed by atoms with Crippen LogP contribution in [0.3, 0.4) is 0 Å². The summed E-state index contributed by atoms with van der Waals surface area (Å²) in [4.78, 5) is 25.6. The third-order valence-electron chi connectivity index (χ3n) is 3.32. The minimum Gasteiger partial charge on any atom is -0.480 e. The molecular formula is C18H28N2O4. The summed E-state index contributed by atoms with van der Waals surface area (Å²) in [6.45, 7) is 9.26. The number of nitrogens with zero attached hydrogens (tertiary/aromatic N) is 1. The molecule has 0 spiro atoms. The van der Waals surface area contributed by atoms with Gasteiger partial charge >= 0.3 is 12.1 Å². The Labute approximate surface area is 143 Å². The van der Waals surface area contributed by atoms with Crippen LogP contribution in [0.5, 0.6) is 0 Å². The summed E-state index contributed by atoms with van der Waals surface area (Å²) >= 11 is 0. The predicted molar refractivity (Wildman–Crippen MR) is 93.5 cm³/mol. The second kappa shape index (κ2) is 8.04. The minimum absolute atomic E-state index is 0.127. The highest BCUT2D eigenvalue weighted by atomic mass is 16.6. The second-order valence-corrected chi connectivity index (χ2v) is 7.33. The summed E-state index contributed by atoms with van der Waals surface area (Å²) < 4.78 is 5.41. The van der Waals surface area contributed by atoms with E-state index < -0.39 is 23.7 Å². The average Bonchev–Trinajstić information content (AvgIpc) is 2.42. The number of carboxylic acids is 1. The highest BCUT2D eigenvalue weighted by molar-refractivity contribution is 5.80. The first-order valence-electron chi connectivity index (χ1n) is 8.06. The quantitative estimate of drug-likeness (QED) is 0.776. The first-order valence-corrected chi connectivity index (χ1v) is 8.06. The van der Waals surface area contributed by atoms with E-state index in [-0.39, 0.29) is 12.5 Å². The molecule has 6 heteroatoms. The molecule has 0 radical (unpaired) electrons. The van der Waals surface area contributed by atoms with E-state index >= 15 is 0 Å². The lowest BCUT2D eigenvalue weighted by molar-refractivity contribution is -0.144. The number of carbonyl (C=O) groups excluding carboxylic acids is 1. The summed E-state index contributed by atoms with van der Waals surface area (Å²) in [5, 5.41) is 9.59. The van der Waals surface area contributed by atoms with Crippen molar-refractivity contribution in [3.05, 3.63) is 29.8 Å². The van der Waals surface area contributed by atoms with E-state index in [0.717, 1.165) is 5.56 Å². The van der Waals surface area contributed by atoms with Crippen LogP contribution in [-0.4, -0.2) is 33.7 Å². The van der Waals surface area contributed by atoms with E-state index in [2.05, 4.69) is 0 Å². The Morgan fingerprint density at radius 1 is 1.21 bits per heavy atom. The van der Waals surface area contributed by atoms with E-state index in [1.54, 1.807) is 45.0 Å². The Hall–Kier alpha value is -2.24. The van der Waals surface area contributed by atoms with Crippen molar-refractivity contribution in [3.8, 4) is 0 Å². The molecule has 1 amide bonds. The average molecular weight is 336 g/mol. The summed E-state index contributed by atoms with van der Waals surface area (Å²) in [7, 11) is 0. The topological polar surface area (TPSA) is 92.9 Å².